The maximum Gasteiger partial charge on any atom is 0.321 e. The van der Waals surface area contributed by atoms with E-state index in [0.29, 0.717) is 0 Å². The number of nitrogens with two attached hydrogens (primary N) is 1. The highest BCUT2D eigenvalue weighted by Gasteiger charge is 2.05. The number of hydrogen-bond donors (Lipinski definition) is 2. The molecule has 0 saturated heterocycles. The van der Waals surface area contributed by atoms with Crippen LogP contribution in [0.5, 0.6) is 5.75 Å². The van der Waals surface area contributed by atoms with E-state index < -0.39 is 0 Å². The van der Waals surface area contributed by atoms with Gasteiger partial charge in [0.05, 0.1) is 6.10 Å². The van der Waals surface area contributed by atoms with Crippen LogP contribution in [0.15, 0.2) is 28.7 Å². The van der Waals surface area contributed by atoms with E-state index >= 15 is 0 Å². The summed E-state index contributed by atoms with van der Waals surface area (Å²) >= 11 is 0. The summed E-state index contributed by atoms with van der Waals surface area (Å²) in [5.41, 5.74) is 6.15. The minimum absolute atomic E-state index is 0.0320. The Kier molecular flexibility index (Phi) is 3.66. The van der Waals surface area contributed by atoms with Gasteiger partial charge in [-0.25, -0.2) is 0 Å². The summed E-state index contributed by atoms with van der Waals surface area (Å²) in [6.07, 6.45) is 1.14. The van der Waals surface area contributed by atoms with Crippen molar-refractivity contribution >= 4 is 17.7 Å². The smallest absolute Gasteiger partial charge is 0.321 e. The van der Waals surface area contributed by atoms with E-state index in [2.05, 4.69) is 22.4 Å². The van der Waals surface area contributed by atoms with E-state index in [-0.39, 0.29) is 18.1 Å². The number of nitrogens with one attached hydrogen (secondary N) is 1. The molecule has 3 N–H and O–H groups in total. The van der Waals surface area contributed by atoms with Crippen molar-refractivity contribution in [2.24, 2.45) is 0 Å². The molecule has 2 aromatic rings. The molecule has 0 aliphatic heterocycles. The Morgan fingerprint density at radius 3 is 2.94 bits per heavy atom. The predicted octanol–water partition coefficient (Wildman–Crippen LogP) is 2.57. The fourth-order valence-corrected chi connectivity index (χ4v) is 1.37. The Balaban J connectivity index is 2.07. The van der Waals surface area contributed by atoms with Gasteiger partial charge >= 0.3 is 12.0 Å². The lowest BCUT2D eigenvalue weighted by molar-refractivity contribution is 0.217. The number of aromatic nitrogens is 2. The lowest BCUT2D eigenvalue weighted by Gasteiger charge is -2.13. The zero-order valence-corrected chi connectivity index (χ0v) is 10.4. The quantitative estimate of drug-likeness (QED) is 0.845. The molecular formula is C12H16N4O2. The molecule has 1 aromatic carbocycles. The molecule has 96 valence electrons. The molecule has 1 unspecified atom stereocenters. The molecule has 0 radical (unpaired) electrons. The van der Waals surface area contributed by atoms with Crippen LogP contribution in [0, 0.1) is 0 Å². The zero-order valence-electron chi connectivity index (χ0n) is 10.4. The van der Waals surface area contributed by atoms with Gasteiger partial charge in [-0.05, 0) is 25.5 Å². The summed E-state index contributed by atoms with van der Waals surface area (Å²) in [5, 5.41) is 10.2. The van der Waals surface area contributed by atoms with Crippen molar-refractivity contribution in [3.63, 3.8) is 0 Å². The van der Waals surface area contributed by atoms with Crippen LogP contribution in [0.3, 0.4) is 0 Å². The summed E-state index contributed by atoms with van der Waals surface area (Å²) < 4.78 is 10.7. The van der Waals surface area contributed by atoms with Crippen molar-refractivity contribution in [3.8, 4) is 5.75 Å². The second-order valence-electron chi connectivity index (χ2n) is 3.94. The normalized spacial score (nSPS) is 12.1. The first kappa shape index (κ1) is 12.2. The molecule has 18 heavy (non-hydrogen) atoms. The van der Waals surface area contributed by atoms with Gasteiger partial charge in [-0.1, -0.05) is 23.2 Å². The molecule has 0 aliphatic rings. The van der Waals surface area contributed by atoms with Crippen molar-refractivity contribution in [2.45, 2.75) is 26.4 Å². The SMILES string of the molecule is CCC(C)Oc1cccc(Nc2nnc(N)o2)c1. The van der Waals surface area contributed by atoms with E-state index in [0.717, 1.165) is 17.9 Å². The maximum absolute atomic E-state index is 5.72. The fourth-order valence-electron chi connectivity index (χ4n) is 1.37. The molecule has 1 atom stereocenters. The van der Waals surface area contributed by atoms with E-state index in [1.807, 2.05) is 31.2 Å². The first-order valence-corrected chi connectivity index (χ1v) is 5.80. The maximum atomic E-state index is 5.72. The Bertz CT molecular complexity index is 512. The number of rotatable bonds is 5. The number of hydrogen-bond acceptors (Lipinski definition) is 6. The third kappa shape index (κ3) is 3.13. The van der Waals surface area contributed by atoms with Crippen LogP contribution in [0.25, 0.3) is 0 Å². The second kappa shape index (κ2) is 5.39. The van der Waals surface area contributed by atoms with Gasteiger partial charge in [-0.3, -0.25) is 0 Å². The molecule has 2 rings (SSSR count). The van der Waals surface area contributed by atoms with E-state index in [1.54, 1.807) is 0 Å². The molecule has 0 aliphatic carbocycles. The van der Waals surface area contributed by atoms with Crippen molar-refractivity contribution in [2.75, 3.05) is 11.1 Å². The summed E-state index contributed by atoms with van der Waals surface area (Å²) in [6, 6.07) is 7.83. The molecule has 0 spiro atoms. The summed E-state index contributed by atoms with van der Waals surface area (Å²) in [7, 11) is 0. The average Bonchev–Trinajstić information content (AvgIpc) is 2.75. The van der Waals surface area contributed by atoms with Crippen molar-refractivity contribution in [1.29, 1.82) is 0 Å². The Morgan fingerprint density at radius 1 is 1.44 bits per heavy atom. The van der Waals surface area contributed by atoms with Crippen LogP contribution >= 0.6 is 0 Å². The largest absolute Gasteiger partial charge is 0.491 e. The third-order valence-corrected chi connectivity index (χ3v) is 2.44. The first-order valence-electron chi connectivity index (χ1n) is 5.80. The highest BCUT2D eigenvalue weighted by molar-refractivity contribution is 5.54. The van der Waals surface area contributed by atoms with Crippen LogP contribution in [0.2, 0.25) is 0 Å². The van der Waals surface area contributed by atoms with Crippen LogP contribution in [0.4, 0.5) is 17.7 Å². The van der Waals surface area contributed by atoms with Gasteiger partial charge in [-0.15, -0.1) is 0 Å². The Morgan fingerprint density at radius 2 is 2.28 bits per heavy atom. The van der Waals surface area contributed by atoms with Gasteiger partial charge in [0.1, 0.15) is 5.75 Å². The van der Waals surface area contributed by atoms with Crippen molar-refractivity contribution in [3.05, 3.63) is 24.3 Å². The van der Waals surface area contributed by atoms with E-state index in [9.17, 15) is 0 Å². The van der Waals surface area contributed by atoms with Gasteiger partial charge in [0.15, 0.2) is 0 Å². The third-order valence-electron chi connectivity index (χ3n) is 2.44. The minimum atomic E-state index is 0.0320. The summed E-state index contributed by atoms with van der Waals surface area (Å²) in [5.74, 6) is 0.793. The Hall–Kier alpha value is -2.24. The zero-order chi connectivity index (χ0) is 13.0. The lowest BCUT2D eigenvalue weighted by atomic mass is 10.3. The highest BCUT2D eigenvalue weighted by atomic mass is 16.5. The van der Waals surface area contributed by atoms with Crippen LogP contribution in [-0.4, -0.2) is 16.3 Å². The van der Waals surface area contributed by atoms with E-state index in [1.165, 1.54) is 0 Å². The highest BCUT2D eigenvalue weighted by Crippen LogP contribution is 2.22. The number of benzene rings is 1. The molecule has 1 aromatic heterocycles. The predicted molar refractivity (Wildman–Crippen MR) is 68.8 cm³/mol. The molecule has 1 heterocycles. The monoisotopic (exact) mass is 248 g/mol. The standard InChI is InChI=1S/C12H16N4O2/c1-3-8(2)17-10-6-4-5-9(7-10)14-12-16-15-11(13)18-12/h4-8H,3H2,1-2H3,(H2,13,15)(H,14,16). The van der Waals surface area contributed by atoms with Crippen molar-refractivity contribution < 1.29 is 9.15 Å². The molecule has 6 heteroatoms. The molecule has 0 bridgehead atoms. The van der Waals surface area contributed by atoms with Gasteiger partial charge < -0.3 is 20.2 Å². The van der Waals surface area contributed by atoms with Crippen LogP contribution in [0.1, 0.15) is 20.3 Å². The second-order valence-corrected chi connectivity index (χ2v) is 3.94. The average molecular weight is 248 g/mol. The fraction of sp³-hybridized carbons (Fsp3) is 0.333. The Labute approximate surface area is 105 Å². The minimum Gasteiger partial charge on any atom is -0.491 e. The number of nitrogen functional groups attached to an aromatic ring is 1. The lowest BCUT2D eigenvalue weighted by Crippen LogP contribution is -2.09. The summed E-state index contributed by atoms with van der Waals surface area (Å²) in [6.45, 7) is 4.10. The van der Waals surface area contributed by atoms with E-state index in [4.69, 9.17) is 14.9 Å². The molecule has 0 saturated carbocycles. The molecular weight excluding hydrogens is 232 g/mol. The van der Waals surface area contributed by atoms with Crippen LogP contribution < -0.4 is 15.8 Å². The molecule has 0 fully saturated rings. The van der Waals surface area contributed by atoms with Crippen LogP contribution in [-0.2, 0) is 0 Å². The van der Waals surface area contributed by atoms with Gasteiger partial charge in [-0.2, -0.15) is 0 Å². The topological polar surface area (TPSA) is 86.2 Å². The molecule has 6 nitrogen and oxygen atoms in total. The molecule has 0 amide bonds. The van der Waals surface area contributed by atoms with Gasteiger partial charge in [0, 0.05) is 11.8 Å². The number of ether oxygens (including phenoxy) is 1. The number of anilines is 3. The van der Waals surface area contributed by atoms with Gasteiger partial charge in [0.25, 0.3) is 0 Å². The summed E-state index contributed by atoms with van der Waals surface area (Å²) in [4.78, 5) is 0. The van der Waals surface area contributed by atoms with Crippen molar-refractivity contribution in [1.82, 2.24) is 10.2 Å². The number of nitrogens with zero attached hydrogens (tertiary/aromatic N) is 2. The van der Waals surface area contributed by atoms with Gasteiger partial charge in [0.2, 0.25) is 0 Å². The first-order chi connectivity index (χ1) is 8.67.